The first-order valence-electron chi connectivity index (χ1n) is 6.23. The molecule has 0 amide bonds. The van der Waals surface area contributed by atoms with Crippen molar-refractivity contribution in [3.8, 4) is 0 Å². The van der Waals surface area contributed by atoms with Gasteiger partial charge in [0.15, 0.2) is 0 Å². The first-order chi connectivity index (χ1) is 8.20. The predicted octanol–water partition coefficient (Wildman–Crippen LogP) is 3.49. The lowest BCUT2D eigenvalue weighted by Gasteiger charge is -2.46. The van der Waals surface area contributed by atoms with Crippen LogP contribution in [-0.4, -0.2) is 25.3 Å². The number of halogens is 1. The van der Waals surface area contributed by atoms with Gasteiger partial charge in [-0.1, -0.05) is 18.5 Å². The summed E-state index contributed by atoms with van der Waals surface area (Å²) in [6, 6.07) is 4.51. The monoisotopic (exact) mass is 273 g/mol. The van der Waals surface area contributed by atoms with Crippen molar-refractivity contribution in [3.63, 3.8) is 0 Å². The van der Waals surface area contributed by atoms with Gasteiger partial charge in [-0.05, 0) is 44.4 Å². The number of ether oxygens (including phenoxy) is 1. The summed E-state index contributed by atoms with van der Waals surface area (Å²) in [5, 5.41) is 3.57. The molecule has 0 radical (unpaired) electrons. The van der Waals surface area contributed by atoms with Gasteiger partial charge in [-0.25, -0.2) is 0 Å². The third-order valence-corrected chi connectivity index (χ3v) is 4.98. The summed E-state index contributed by atoms with van der Waals surface area (Å²) in [4.78, 5) is 1.34. The van der Waals surface area contributed by atoms with E-state index in [0.29, 0.717) is 6.04 Å². The molecule has 1 heterocycles. The van der Waals surface area contributed by atoms with E-state index in [0.717, 1.165) is 17.3 Å². The maximum absolute atomic E-state index is 5.98. The van der Waals surface area contributed by atoms with E-state index in [1.54, 1.807) is 11.3 Å². The Morgan fingerprint density at radius 3 is 2.71 bits per heavy atom. The Balaban J connectivity index is 2.06. The summed E-state index contributed by atoms with van der Waals surface area (Å²) in [5.41, 5.74) is 0.0481. The smallest absolute Gasteiger partial charge is 0.0931 e. The van der Waals surface area contributed by atoms with Gasteiger partial charge in [-0.3, -0.25) is 0 Å². The summed E-state index contributed by atoms with van der Waals surface area (Å²) >= 11 is 7.66. The van der Waals surface area contributed by atoms with E-state index in [9.17, 15) is 0 Å². The van der Waals surface area contributed by atoms with Gasteiger partial charge < -0.3 is 10.1 Å². The highest BCUT2D eigenvalue weighted by molar-refractivity contribution is 7.16. The Kier molecular flexibility index (Phi) is 4.47. The Morgan fingerprint density at radius 1 is 1.53 bits per heavy atom. The molecule has 4 heteroatoms. The van der Waals surface area contributed by atoms with Crippen LogP contribution >= 0.6 is 22.9 Å². The van der Waals surface area contributed by atoms with E-state index in [4.69, 9.17) is 16.3 Å². The fourth-order valence-corrected chi connectivity index (χ4v) is 3.71. The summed E-state index contributed by atoms with van der Waals surface area (Å²) < 4.78 is 6.65. The lowest BCUT2D eigenvalue weighted by molar-refractivity contribution is -0.0976. The van der Waals surface area contributed by atoms with Gasteiger partial charge >= 0.3 is 0 Å². The molecule has 96 valence electrons. The molecule has 1 fully saturated rings. The molecule has 1 aromatic heterocycles. The number of nitrogens with one attached hydrogen (secondary N) is 1. The first-order valence-corrected chi connectivity index (χ1v) is 7.42. The molecule has 1 saturated carbocycles. The van der Waals surface area contributed by atoms with E-state index < -0.39 is 0 Å². The van der Waals surface area contributed by atoms with E-state index >= 15 is 0 Å². The quantitative estimate of drug-likeness (QED) is 0.857. The average Bonchev–Trinajstić information content (AvgIpc) is 2.63. The SMILES string of the molecule is CCNC(Cc1ccc(Cl)s1)C1(OC)CCC1. The van der Waals surface area contributed by atoms with Crippen molar-refractivity contribution in [3.05, 3.63) is 21.3 Å². The number of likely N-dealkylation sites (N-methyl/N-ethyl adjacent to an activating group) is 1. The van der Waals surface area contributed by atoms with Crippen LogP contribution < -0.4 is 5.32 Å². The van der Waals surface area contributed by atoms with Crippen molar-refractivity contribution in [1.29, 1.82) is 0 Å². The molecular formula is C13H20ClNOS. The minimum absolute atomic E-state index is 0.0481. The van der Waals surface area contributed by atoms with Crippen LogP contribution in [0.5, 0.6) is 0 Å². The number of rotatable bonds is 6. The summed E-state index contributed by atoms with van der Waals surface area (Å²) in [7, 11) is 1.84. The van der Waals surface area contributed by atoms with Crippen molar-refractivity contribution >= 4 is 22.9 Å². The maximum Gasteiger partial charge on any atom is 0.0931 e. The van der Waals surface area contributed by atoms with E-state index in [1.807, 2.05) is 13.2 Å². The van der Waals surface area contributed by atoms with Gasteiger partial charge in [0.05, 0.1) is 9.94 Å². The summed E-state index contributed by atoms with van der Waals surface area (Å²) in [6.45, 7) is 3.13. The molecule has 1 unspecified atom stereocenters. The number of methoxy groups -OCH3 is 1. The average molecular weight is 274 g/mol. The highest BCUT2D eigenvalue weighted by Crippen LogP contribution is 2.39. The van der Waals surface area contributed by atoms with Gasteiger partial charge in [0, 0.05) is 18.0 Å². The topological polar surface area (TPSA) is 21.3 Å². The first kappa shape index (κ1) is 13.3. The molecule has 0 bridgehead atoms. The molecule has 2 rings (SSSR count). The highest BCUT2D eigenvalue weighted by atomic mass is 35.5. The van der Waals surface area contributed by atoms with E-state index in [2.05, 4.69) is 18.3 Å². The minimum atomic E-state index is 0.0481. The zero-order valence-corrected chi connectivity index (χ0v) is 12.0. The lowest BCUT2D eigenvalue weighted by atomic mass is 9.73. The summed E-state index contributed by atoms with van der Waals surface area (Å²) in [5.74, 6) is 0. The van der Waals surface area contributed by atoms with Gasteiger partial charge in [0.25, 0.3) is 0 Å². The van der Waals surface area contributed by atoms with Crippen molar-refractivity contribution in [2.45, 2.75) is 44.2 Å². The second kappa shape index (κ2) is 5.70. The molecule has 17 heavy (non-hydrogen) atoms. The van der Waals surface area contributed by atoms with Crippen LogP contribution in [0.1, 0.15) is 31.1 Å². The van der Waals surface area contributed by atoms with Gasteiger partial charge in [0.2, 0.25) is 0 Å². The van der Waals surface area contributed by atoms with Crippen LogP contribution in [0.15, 0.2) is 12.1 Å². The Morgan fingerprint density at radius 2 is 2.29 bits per heavy atom. The molecule has 1 aliphatic rings. The van der Waals surface area contributed by atoms with E-state index in [-0.39, 0.29) is 5.60 Å². The van der Waals surface area contributed by atoms with E-state index in [1.165, 1.54) is 24.1 Å². The molecule has 1 N–H and O–H groups in total. The maximum atomic E-state index is 5.98. The van der Waals surface area contributed by atoms with Gasteiger partial charge in [0.1, 0.15) is 0 Å². The predicted molar refractivity (Wildman–Crippen MR) is 74.1 cm³/mol. The number of hydrogen-bond acceptors (Lipinski definition) is 3. The number of thiophene rings is 1. The third-order valence-electron chi connectivity index (χ3n) is 3.73. The zero-order chi connectivity index (χ0) is 12.3. The Bertz CT molecular complexity index is 357. The molecule has 0 aromatic carbocycles. The summed E-state index contributed by atoms with van der Waals surface area (Å²) in [6.07, 6.45) is 4.63. The third kappa shape index (κ3) is 2.84. The molecule has 1 aliphatic carbocycles. The minimum Gasteiger partial charge on any atom is -0.377 e. The fourth-order valence-electron chi connectivity index (χ4n) is 2.57. The van der Waals surface area contributed by atoms with Crippen molar-refractivity contribution in [2.75, 3.05) is 13.7 Å². The Labute approximate surface area is 112 Å². The molecular weight excluding hydrogens is 254 g/mol. The van der Waals surface area contributed by atoms with Crippen molar-refractivity contribution in [1.82, 2.24) is 5.32 Å². The second-order valence-electron chi connectivity index (χ2n) is 4.64. The molecule has 1 aromatic rings. The molecule has 1 atom stereocenters. The van der Waals surface area contributed by atoms with Crippen molar-refractivity contribution in [2.24, 2.45) is 0 Å². The molecule has 0 saturated heterocycles. The number of hydrogen-bond donors (Lipinski definition) is 1. The van der Waals surface area contributed by atoms with Crippen LogP contribution in [0.2, 0.25) is 4.34 Å². The van der Waals surface area contributed by atoms with Crippen LogP contribution in [0.3, 0.4) is 0 Å². The zero-order valence-electron chi connectivity index (χ0n) is 10.5. The standard InChI is InChI=1S/C13H20ClNOS/c1-3-15-11(13(16-2)7-4-8-13)9-10-5-6-12(14)17-10/h5-6,11,15H,3-4,7-9H2,1-2H3. The van der Waals surface area contributed by atoms with Gasteiger partial charge in [-0.15, -0.1) is 11.3 Å². The van der Waals surface area contributed by atoms with Crippen LogP contribution in [-0.2, 0) is 11.2 Å². The molecule has 0 spiro atoms. The fraction of sp³-hybridized carbons (Fsp3) is 0.692. The molecule has 0 aliphatic heterocycles. The second-order valence-corrected chi connectivity index (χ2v) is 6.44. The highest BCUT2D eigenvalue weighted by Gasteiger charge is 2.44. The Hall–Kier alpha value is -0.0900. The molecule has 2 nitrogen and oxygen atoms in total. The van der Waals surface area contributed by atoms with Crippen LogP contribution in [0.25, 0.3) is 0 Å². The van der Waals surface area contributed by atoms with Crippen molar-refractivity contribution < 1.29 is 4.74 Å². The van der Waals surface area contributed by atoms with Gasteiger partial charge in [-0.2, -0.15) is 0 Å². The normalized spacial score (nSPS) is 19.9. The lowest BCUT2D eigenvalue weighted by Crippen LogP contribution is -2.57. The van der Waals surface area contributed by atoms with Crippen LogP contribution in [0, 0.1) is 0 Å². The van der Waals surface area contributed by atoms with Crippen LogP contribution in [0.4, 0.5) is 0 Å². The largest absolute Gasteiger partial charge is 0.377 e.